The number of phenols is 1. The Morgan fingerprint density at radius 1 is 0.917 bits per heavy atom. The number of fused-ring (bicyclic) bond motifs is 1. The van der Waals surface area contributed by atoms with Gasteiger partial charge in [-0.05, 0) is 41.1 Å². The molecule has 0 aliphatic heterocycles. The molecule has 0 saturated heterocycles. The van der Waals surface area contributed by atoms with E-state index in [2.05, 4.69) is 5.32 Å². The number of hydrogen-bond acceptors (Lipinski definition) is 2. The van der Waals surface area contributed by atoms with Gasteiger partial charge in [0.25, 0.3) is 5.91 Å². The number of alkyl halides is 3. The quantitative estimate of drug-likeness (QED) is 0.707. The zero-order valence-corrected chi connectivity index (χ0v) is 12.3. The van der Waals surface area contributed by atoms with E-state index in [9.17, 15) is 23.1 Å². The minimum Gasteiger partial charge on any atom is -0.507 e. The van der Waals surface area contributed by atoms with Crippen molar-refractivity contribution in [3.63, 3.8) is 0 Å². The summed E-state index contributed by atoms with van der Waals surface area (Å²) in [5.41, 5.74) is -0.512. The fourth-order valence-electron chi connectivity index (χ4n) is 2.43. The Morgan fingerprint density at radius 3 is 2.25 bits per heavy atom. The van der Waals surface area contributed by atoms with E-state index in [-0.39, 0.29) is 17.0 Å². The number of halogens is 3. The standard InChI is InChI=1S/C18H12F3NO2/c19-18(20,21)12-6-8-13(9-7-12)22-17(24)16-14-4-2-1-3-11(14)5-10-15(16)23/h1-10,23H,(H,22,24). The van der Waals surface area contributed by atoms with E-state index in [0.717, 1.165) is 17.5 Å². The van der Waals surface area contributed by atoms with E-state index in [1.807, 2.05) is 0 Å². The average molecular weight is 331 g/mol. The highest BCUT2D eigenvalue weighted by atomic mass is 19.4. The summed E-state index contributed by atoms with van der Waals surface area (Å²) >= 11 is 0. The number of nitrogens with one attached hydrogen (secondary N) is 1. The van der Waals surface area contributed by atoms with E-state index in [1.165, 1.54) is 18.2 Å². The average Bonchev–Trinajstić information content (AvgIpc) is 2.54. The van der Waals surface area contributed by atoms with Gasteiger partial charge in [0.05, 0.1) is 11.1 Å². The van der Waals surface area contributed by atoms with Gasteiger partial charge in [0, 0.05) is 5.69 Å². The summed E-state index contributed by atoms with van der Waals surface area (Å²) in [7, 11) is 0. The number of hydrogen-bond donors (Lipinski definition) is 2. The Balaban J connectivity index is 1.92. The molecule has 24 heavy (non-hydrogen) atoms. The van der Waals surface area contributed by atoms with Crippen LogP contribution in [0.15, 0.2) is 60.7 Å². The fourth-order valence-corrected chi connectivity index (χ4v) is 2.43. The minimum atomic E-state index is -4.43. The van der Waals surface area contributed by atoms with Gasteiger partial charge in [-0.15, -0.1) is 0 Å². The molecular weight excluding hydrogens is 319 g/mol. The van der Waals surface area contributed by atoms with Crippen molar-refractivity contribution in [3.05, 3.63) is 71.8 Å². The molecule has 0 heterocycles. The Hall–Kier alpha value is -3.02. The summed E-state index contributed by atoms with van der Waals surface area (Å²) < 4.78 is 37.7. The third-order valence-corrected chi connectivity index (χ3v) is 3.60. The zero-order valence-electron chi connectivity index (χ0n) is 12.3. The van der Waals surface area contributed by atoms with Gasteiger partial charge in [-0.3, -0.25) is 4.79 Å². The Bertz CT molecular complexity index is 902. The first-order valence-electron chi connectivity index (χ1n) is 7.05. The number of carbonyl (C=O) groups excluding carboxylic acids is 1. The number of phenolic OH excluding ortho intramolecular Hbond substituents is 1. The van der Waals surface area contributed by atoms with Crippen molar-refractivity contribution >= 4 is 22.4 Å². The molecule has 3 aromatic rings. The van der Waals surface area contributed by atoms with Crippen molar-refractivity contribution in [2.24, 2.45) is 0 Å². The van der Waals surface area contributed by atoms with E-state index in [4.69, 9.17) is 0 Å². The summed E-state index contributed by atoms with van der Waals surface area (Å²) in [6, 6.07) is 14.2. The van der Waals surface area contributed by atoms with Crippen LogP contribution in [-0.4, -0.2) is 11.0 Å². The molecule has 1 amide bonds. The summed E-state index contributed by atoms with van der Waals surface area (Å²) in [5, 5.41) is 13.8. The number of carbonyl (C=O) groups is 1. The second-order valence-corrected chi connectivity index (χ2v) is 5.21. The van der Waals surface area contributed by atoms with Gasteiger partial charge in [-0.1, -0.05) is 30.3 Å². The van der Waals surface area contributed by atoms with Crippen LogP contribution in [0.5, 0.6) is 5.75 Å². The highest BCUT2D eigenvalue weighted by Crippen LogP contribution is 2.31. The molecule has 0 radical (unpaired) electrons. The molecule has 0 atom stereocenters. The molecule has 0 saturated carbocycles. The molecule has 3 rings (SSSR count). The van der Waals surface area contributed by atoms with Crippen molar-refractivity contribution in [2.45, 2.75) is 6.18 Å². The van der Waals surface area contributed by atoms with Crippen LogP contribution in [0.3, 0.4) is 0 Å². The van der Waals surface area contributed by atoms with Crippen molar-refractivity contribution in [1.29, 1.82) is 0 Å². The van der Waals surface area contributed by atoms with Gasteiger partial charge in [-0.2, -0.15) is 13.2 Å². The molecule has 6 heteroatoms. The second kappa shape index (κ2) is 5.88. The third kappa shape index (κ3) is 3.03. The van der Waals surface area contributed by atoms with Crippen molar-refractivity contribution in [1.82, 2.24) is 0 Å². The maximum absolute atomic E-state index is 12.6. The Labute approximate surface area is 135 Å². The highest BCUT2D eigenvalue weighted by Gasteiger charge is 2.30. The van der Waals surface area contributed by atoms with Gasteiger partial charge in [-0.25, -0.2) is 0 Å². The Morgan fingerprint density at radius 2 is 1.58 bits per heavy atom. The van der Waals surface area contributed by atoms with Gasteiger partial charge in [0.15, 0.2) is 0 Å². The summed E-state index contributed by atoms with van der Waals surface area (Å²) in [6.45, 7) is 0. The number of aromatic hydroxyl groups is 1. The summed E-state index contributed by atoms with van der Waals surface area (Å²) in [6.07, 6.45) is -4.43. The largest absolute Gasteiger partial charge is 0.507 e. The number of rotatable bonds is 2. The molecule has 0 aliphatic carbocycles. The van der Waals surface area contributed by atoms with E-state index >= 15 is 0 Å². The SMILES string of the molecule is O=C(Nc1ccc(C(F)(F)F)cc1)c1c(O)ccc2ccccc12. The smallest absolute Gasteiger partial charge is 0.416 e. The van der Waals surface area contributed by atoms with Crippen LogP contribution >= 0.6 is 0 Å². The van der Waals surface area contributed by atoms with Crippen LogP contribution < -0.4 is 5.32 Å². The van der Waals surface area contributed by atoms with Crippen LogP contribution in [0.1, 0.15) is 15.9 Å². The molecule has 0 spiro atoms. The predicted octanol–water partition coefficient (Wildman–Crippen LogP) is 4.82. The molecule has 0 aromatic heterocycles. The van der Waals surface area contributed by atoms with E-state index in [1.54, 1.807) is 30.3 Å². The molecule has 0 unspecified atom stereocenters. The molecular formula is C18H12F3NO2. The number of amides is 1. The summed E-state index contributed by atoms with van der Waals surface area (Å²) in [5.74, 6) is -0.790. The van der Waals surface area contributed by atoms with E-state index < -0.39 is 17.6 Å². The zero-order chi connectivity index (χ0) is 17.3. The molecule has 3 nitrogen and oxygen atoms in total. The molecule has 3 aromatic carbocycles. The molecule has 0 fully saturated rings. The minimum absolute atomic E-state index is 0.0768. The van der Waals surface area contributed by atoms with Crippen molar-refractivity contribution in [2.75, 3.05) is 5.32 Å². The van der Waals surface area contributed by atoms with Crippen LogP contribution in [-0.2, 0) is 6.18 Å². The molecule has 2 N–H and O–H groups in total. The Kier molecular flexibility index (Phi) is 3.89. The normalized spacial score (nSPS) is 11.5. The molecule has 122 valence electrons. The van der Waals surface area contributed by atoms with Crippen molar-refractivity contribution < 1.29 is 23.1 Å². The van der Waals surface area contributed by atoms with Crippen LogP contribution in [0, 0.1) is 0 Å². The fraction of sp³-hybridized carbons (Fsp3) is 0.0556. The van der Waals surface area contributed by atoms with Gasteiger partial charge in [0.2, 0.25) is 0 Å². The highest BCUT2D eigenvalue weighted by molar-refractivity contribution is 6.14. The summed E-state index contributed by atoms with van der Waals surface area (Å²) in [4.78, 5) is 12.4. The van der Waals surface area contributed by atoms with Gasteiger partial charge >= 0.3 is 6.18 Å². The van der Waals surface area contributed by atoms with Crippen LogP contribution in [0.4, 0.5) is 18.9 Å². The number of benzene rings is 3. The maximum Gasteiger partial charge on any atom is 0.416 e. The van der Waals surface area contributed by atoms with Gasteiger partial charge < -0.3 is 10.4 Å². The van der Waals surface area contributed by atoms with Crippen LogP contribution in [0.25, 0.3) is 10.8 Å². The third-order valence-electron chi connectivity index (χ3n) is 3.60. The number of anilines is 1. The monoisotopic (exact) mass is 331 g/mol. The second-order valence-electron chi connectivity index (χ2n) is 5.21. The first-order valence-corrected chi connectivity index (χ1v) is 7.05. The predicted molar refractivity (Wildman–Crippen MR) is 85.0 cm³/mol. The molecule has 0 aliphatic rings. The van der Waals surface area contributed by atoms with Crippen molar-refractivity contribution in [3.8, 4) is 5.75 Å². The lowest BCUT2D eigenvalue weighted by molar-refractivity contribution is -0.137. The van der Waals surface area contributed by atoms with Crippen LogP contribution in [0.2, 0.25) is 0 Å². The first-order chi connectivity index (χ1) is 11.4. The van der Waals surface area contributed by atoms with E-state index in [0.29, 0.717) is 5.39 Å². The topological polar surface area (TPSA) is 49.3 Å². The first kappa shape index (κ1) is 15.9. The lowest BCUT2D eigenvalue weighted by Gasteiger charge is -2.11. The lowest BCUT2D eigenvalue weighted by atomic mass is 10.0. The maximum atomic E-state index is 12.6. The lowest BCUT2D eigenvalue weighted by Crippen LogP contribution is -2.13. The molecule has 0 bridgehead atoms. The van der Waals surface area contributed by atoms with Gasteiger partial charge in [0.1, 0.15) is 5.75 Å².